The molecule has 0 bridgehead atoms. The zero-order valence-corrected chi connectivity index (χ0v) is 15.1. The summed E-state index contributed by atoms with van der Waals surface area (Å²) in [6.07, 6.45) is 2.45. The zero-order chi connectivity index (χ0) is 14.5. The van der Waals surface area contributed by atoms with Gasteiger partial charge in [0.1, 0.15) is 0 Å². The number of nitrogens with one attached hydrogen (secondary N) is 1. The van der Waals surface area contributed by atoms with Crippen molar-refractivity contribution in [3.8, 4) is 5.88 Å². The van der Waals surface area contributed by atoms with Crippen LogP contribution in [0.5, 0.6) is 5.88 Å². The van der Waals surface area contributed by atoms with Crippen LogP contribution in [0.3, 0.4) is 0 Å². The van der Waals surface area contributed by atoms with Gasteiger partial charge in [-0.1, -0.05) is 0 Å². The van der Waals surface area contributed by atoms with Gasteiger partial charge in [-0.05, 0) is 19.8 Å². The first kappa shape index (κ1) is 18.0. The smallest absolute Gasteiger partial charge is 0.216 e. The molecule has 120 valence electrons. The molecule has 1 atom stereocenters. The highest BCUT2D eigenvalue weighted by molar-refractivity contribution is 14.0. The molecule has 7 nitrogen and oxygen atoms in total. The van der Waals surface area contributed by atoms with Gasteiger partial charge < -0.3 is 20.5 Å². The lowest BCUT2D eigenvalue weighted by Crippen LogP contribution is -2.37. The number of hydrogen-bond acceptors (Lipinski definition) is 4. The summed E-state index contributed by atoms with van der Waals surface area (Å²) in [5, 5.41) is 7.40. The van der Waals surface area contributed by atoms with Crippen molar-refractivity contribution in [2.45, 2.75) is 32.4 Å². The zero-order valence-electron chi connectivity index (χ0n) is 12.8. The van der Waals surface area contributed by atoms with Crippen molar-refractivity contribution >= 4 is 29.9 Å². The van der Waals surface area contributed by atoms with Gasteiger partial charge in [0.15, 0.2) is 5.96 Å². The normalized spacial score (nSPS) is 18.4. The molecule has 0 amide bonds. The van der Waals surface area contributed by atoms with Crippen LogP contribution in [0, 0.1) is 6.92 Å². The van der Waals surface area contributed by atoms with Crippen LogP contribution in [0.25, 0.3) is 0 Å². The quantitative estimate of drug-likeness (QED) is 0.430. The lowest BCUT2D eigenvalue weighted by Gasteiger charge is -2.11. The molecule has 1 fully saturated rings. The summed E-state index contributed by atoms with van der Waals surface area (Å²) in [5.41, 5.74) is 7.72. The number of nitrogens with two attached hydrogens (primary N) is 1. The Hall–Kier alpha value is -1.03. The van der Waals surface area contributed by atoms with E-state index in [4.69, 9.17) is 15.2 Å². The predicted molar refractivity (Wildman–Crippen MR) is 92.2 cm³/mol. The van der Waals surface area contributed by atoms with Crippen LogP contribution < -0.4 is 15.8 Å². The summed E-state index contributed by atoms with van der Waals surface area (Å²) in [4.78, 5) is 4.33. The van der Waals surface area contributed by atoms with E-state index in [-0.39, 0.29) is 30.1 Å². The summed E-state index contributed by atoms with van der Waals surface area (Å²) in [5.74, 6) is 1.14. The topological polar surface area (TPSA) is 86.7 Å². The average Bonchev–Trinajstić information content (AvgIpc) is 3.02. The van der Waals surface area contributed by atoms with E-state index in [9.17, 15) is 0 Å². The number of guanidine groups is 1. The molecular formula is C13H24IN5O2. The van der Waals surface area contributed by atoms with Gasteiger partial charge in [0.05, 0.1) is 31.0 Å². The molecule has 0 radical (unpaired) electrons. The monoisotopic (exact) mass is 409 g/mol. The third-order valence-electron chi connectivity index (χ3n) is 3.42. The SMILES string of the molecule is COc1c(CN=C(N)NCC2CCCO2)c(C)nn1C.I. The van der Waals surface area contributed by atoms with Gasteiger partial charge in [-0.3, -0.25) is 0 Å². The van der Waals surface area contributed by atoms with E-state index in [1.807, 2.05) is 14.0 Å². The lowest BCUT2D eigenvalue weighted by molar-refractivity contribution is 0.114. The highest BCUT2D eigenvalue weighted by Gasteiger charge is 2.16. The van der Waals surface area contributed by atoms with E-state index in [0.29, 0.717) is 19.0 Å². The Morgan fingerprint density at radius 3 is 3.00 bits per heavy atom. The highest BCUT2D eigenvalue weighted by atomic mass is 127. The van der Waals surface area contributed by atoms with Crippen LogP contribution in [-0.2, 0) is 18.3 Å². The minimum atomic E-state index is 0. The average molecular weight is 409 g/mol. The molecule has 8 heteroatoms. The minimum absolute atomic E-state index is 0. The molecule has 2 rings (SSSR count). The van der Waals surface area contributed by atoms with E-state index in [1.165, 1.54) is 0 Å². The maximum atomic E-state index is 5.86. The molecule has 1 aromatic rings. The maximum absolute atomic E-state index is 5.86. The fourth-order valence-corrected chi connectivity index (χ4v) is 2.36. The first-order valence-electron chi connectivity index (χ1n) is 6.83. The molecule has 21 heavy (non-hydrogen) atoms. The molecule has 3 N–H and O–H groups in total. The van der Waals surface area contributed by atoms with Gasteiger partial charge >= 0.3 is 0 Å². The Balaban J connectivity index is 0.00000220. The fraction of sp³-hybridized carbons (Fsp3) is 0.692. The van der Waals surface area contributed by atoms with Crippen molar-refractivity contribution in [1.82, 2.24) is 15.1 Å². The van der Waals surface area contributed by atoms with Gasteiger partial charge in [-0.2, -0.15) is 5.10 Å². The summed E-state index contributed by atoms with van der Waals surface area (Å²) in [6, 6.07) is 0. The molecule has 1 unspecified atom stereocenters. The number of aliphatic imine (C=N–C) groups is 1. The van der Waals surface area contributed by atoms with Crippen LogP contribution in [0.1, 0.15) is 24.1 Å². The molecule has 1 aliphatic heterocycles. The molecule has 0 saturated carbocycles. The van der Waals surface area contributed by atoms with Crippen molar-refractivity contribution in [3.05, 3.63) is 11.3 Å². The predicted octanol–water partition coefficient (Wildman–Crippen LogP) is 0.938. The van der Waals surface area contributed by atoms with E-state index in [1.54, 1.807) is 11.8 Å². The number of nitrogens with zero attached hydrogens (tertiary/aromatic N) is 3. The third-order valence-corrected chi connectivity index (χ3v) is 3.42. The number of aryl methyl sites for hydroxylation is 2. The number of rotatable bonds is 5. The standard InChI is InChI=1S/C13H23N5O2.HI/c1-9-11(12(19-3)18(2)17-9)8-16-13(14)15-7-10-5-4-6-20-10;/h10H,4-8H2,1-3H3,(H3,14,15,16);1H. The van der Waals surface area contributed by atoms with Crippen molar-refractivity contribution < 1.29 is 9.47 Å². The molecule has 0 aromatic carbocycles. The summed E-state index contributed by atoms with van der Waals surface area (Å²) >= 11 is 0. The minimum Gasteiger partial charge on any atom is -0.481 e. The first-order valence-corrected chi connectivity index (χ1v) is 6.83. The second-order valence-electron chi connectivity index (χ2n) is 4.91. The molecule has 2 heterocycles. The van der Waals surface area contributed by atoms with Gasteiger partial charge in [-0.15, -0.1) is 24.0 Å². The van der Waals surface area contributed by atoms with Crippen LogP contribution in [0.2, 0.25) is 0 Å². The second kappa shape index (κ2) is 8.42. The van der Waals surface area contributed by atoms with E-state index in [2.05, 4.69) is 15.4 Å². The van der Waals surface area contributed by atoms with Gasteiger partial charge in [0, 0.05) is 20.2 Å². The Morgan fingerprint density at radius 1 is 1.62 bits per heavy atom. The third kappa shape index (κ3) is 4.73. The second-order valence-corrected chi connectivity index (χ2v) is 4.91. The Kier molecular flexibility index (Phi) is 7.23. The summed E-state index contributed by atoms with van der Waals surface area (Å²) in [7, 11) is 3.47. The Labute approximate surface area is 142 Å². The molecular weight excluding hydrogens is 385 g/mol. The van der Waals surface area contributed by atoms with Crippen molar-refractivity contribution in [3.63, 3.8) is 0 Å². The summed E-state index contributed by atoms with van der Waals surface area (Å²) < 4.78 is 12.5. The lowest BCUT2D eigenvalue weighted by atomic mass is 10.2. The van der Waals surface area contributed by atoms with Crippen LogP contribution in [0.15, 0.2) is 4.99 Å². The molecule has 0 spiro atoms. The van der Waals surface area contributed by atoms with E-state index in [0.717, 1.165) is 36.6 Å². The van der Waals surface area contributed by atoms with E-state index < -0.39 is 0 Å². The number of aromatic nitrogens is 2. The fourth-order valence-electron chi connectivity index (χ4n) is 2.36. The number of hydrogen-bond donors (Lipinski definition) is 2. The number of halogens is 1. The highest BCUT2D eigenvalue weighted by Crippen LogP contribution is 2.21. The molecule has 1 saturated heterocycles. The first-order chi connectivity index (χ1) is 9.61. The molecule has 0 aliphatic carbocycles. The van der Waals surface area contributed by atoms with Gasteiger partial charge in [0.25, 0.3) is 0 Å². The summed E-state index contributed by atoms with van der Waals surface area (Å²) in [6.45, 7) is 3.94. The maximum Gasteiger partial charge on any atom is 0.216 e. The van der Waals surface area contributed by atoms with Crippen molar-refractivity contribution in [2.24, 2.45) is 17.8 Å². The van der Waals surface area contributed by atoms with Gasteiger partial charge in [-0.25, -0.2) is 9.67 Å². The molecule has 1 aromatic heterocycles. The van der Waals surface area contributed by atoms with Crippen LogP contribution in [-0.4, -0.2) is 42.1 Å². The Morgan fingerprint density at radius 2 is 2.38 bits per heavy atom. The van der Waals surface area contributed by atoms with E-state index >= 15 is 0 Å². The van der Waals surface area contributed by atoms with Gasteiger partial charge in [0.2, 0.25) is 5.88 Å². The number of methoxy groups -OCH3 is 1. The van der Waals surface area contributed by atoms with Crippen molar-refractivity contribution in [2.75, 3.05) is 20.3 Å². The largest absolute Gasteiger partial charge is 0.481 e. The van der Waals surface area contributed by atoms with Crippen molar-refractivity contribution in [1.29, 1.82) is 0 Å². The molecule has 1 aliphatic rings. The Bertz CT molecular complexity index is 483. The number of ether oxygens (including phenoxy) is 2. The van der Waals surface area contributed by atoms with Crippen LogP contribution >= 0.6 is 24.0 Å². The van der Waals surface area contributed by atoms with Crippen LogP contribution in [0.4, 0.5) is 0 Å².